The lowest BCUT2D eigenvalue weighted by Crippen LogP contribution is -2.15. The first kappa shape index (κ1) is 11.3. The van der Waals surface area contributed by atoms with Crippen LogP contribution in [0.2, 0.25) is 0 Å². The van der Waals surface area contributed by atoms with Crippen LogP contribution in [0.5, 0.6) is 0 Å². The number of fused-ring (bicyclic) bond motifs is 1. The summed E-state index contributed by atoms with van der Waals surface area (Å²) in [6, 6.07) is 8.31. The smallest absolute Gasteiger partial charge is 0.0363 e. The van der Waals surface area contributed by atoms with Crippen LogP contribution < -0.4 is 5.73 Å². The van der Waals surface area contributed by atoms with Crippen molar-refractivity contribution in [2.75, 3.05) is 5.73 Å². The third kappa shape index (κ3) is 2.12. The molecule has 2 N–H and O–H groups in total. The predicted molar refractivity (Wildman–Crippen MR) is 75.8 cm³/mol. The molecule has 0 unspecified atom stereocenters. The number of hydrogen-bond acceptors (Lipinski definition) is 3. The number of rotatable bonds is 2. The van der Waals surface area contributed by atoms with Gasteiger partial charge in [0.15, 0.2) is 0 Å². The van der Waals surface area contributed by atoms with Gasteiger partial charge in [-0.3, -0.25) is 4.90 Å². The van der Waals surface area contributed by atoms with Crippen molar-refractivity contribution >= 4 is 33.0 Å². The predicted octanol–water partition coefficient (Wildman–Crippen LogP) is 3.61. The zero-order valence-electron chi connectivity index (χ0n) is 9.32. The highest BCUT2D eigenvalue weighted by Gasteiger charge is 2.21. The molecule has 1 aliphatic heterocycles. The molecule has 0 spiro atoms. The number of nitrogens with zero attached hydrogens (tertiary/aromatic N) is 1. The second-order valence-corrected chi connectivity index (χ2v) is 6.18. The Labute approximate surface area is 113 Å². The first-order valence-electron chi connectivity index (χ1n) is 5.54. The summed E-state index contributed by atoms with van der Waals surface area (Å²) in [6.07, 6.45) is 0. The molecule has 3 rings (SSSR count). The van der Waals surface area contributed by atoms with Crippen molar-refractivity contribution in [3.63, 3.8) is 0 Å². The van der Waals surface area contributed by atoms with Crippen molar-refractivity contribution in [2.45, 2.75) is 19.6 Å². The minimum atomic E-state index is 0.926. The summed E-state index contributed by atoms with van der Waals surface area (Å²) in [5, 5.41) is 2.12. The molecule has 2 nitrogen and oxygen atoms in total. The van der Waals surface area contributed by atoms with E-state index in [1.165, 1.54) is 20.5 Å². The quantitative estimate of drug-likeness (QED) is 0.859. The molecule has 17 heavy (non-hydrogen) atoms. The maximum Gasteiger partial charge on any atom is 0.0363 e. The molecule has 88 valence electrons. The van der Waals surface area contributed by atoms with E-state index in [9.17, 15) is 0 Å². The maximum absolute atomic E-state index is 6.00. The third-order valence-corrected chi connectivity index (χ3v) is 5.05. The molecule has 1 aromatic heterocycles. The maximum atomic E-state index is 6.00. The molecule has 0 radical (unpaired) electrons. The van der Waals surface area contributed by atoms with Gasteiger partial charge < -0.3 is 5.73 Å². The zero-order valence-corrected chi connectivity index (χ0v) is 11.7. The van der Waals surface area contributed by atoms with Gasteiger partial charge in [0.2, 0.25) is 0 Å². The lowest BCUT2D eigenvalue weighted by atomic mass is 10.1. The highest BCUT2D eigenvalue weighted by atomic mass is 79.9. The topological polar surface area (TPSA) is 29.3 Å². The molecule has 0 amide bonds. The van der Waals surface area contributed by atoms with Crippen LogP contribution in [0.25, 0.3) is 0 Å². The number of nitrogens with two attached hydrogens (primary N) is 1. The molecule has 0 aliphatic carbocycles. The Hall–Kier alpha value is -0.840. The average Bonchev–Trinajstić information content (AvgIpc) is 2.87. The lowest BCUT2D eigenvalue weighted by Gasteiger charge is -2.13. The van der Waals surface area contributed by atoms with E-state index >= 15 is 0 Å². The molecule has 0 fully saturated rings. The molecule has 0 atom stereocenters. The van der Waals surface area contributed by atoms with Gasteiger partial charge in [-0.1, -0.05) is 12.1 Å². The summed E-state index contributed by atoms with van der Waals surface area (Å²) >= 11 is 5.38. The minimum Gasteiger partial charge on any atom is -0.398 e. The Morgan fingerprint density at radius 3 is 2.88 bits per heavy atom. The van der Waals surface area contributed by atoms with Crippen molar-refractivity contribution in [1.29, 1.82) is 0 Å². The number of halogens is 1. The normalized spacial score (nSPS) is 15.1. The Morgan fingerprint density at radius 1 is 1.29 bits per heavy atom. The fourth-order valence-corrected chi connectivity index (χ4v) is 3.79. The van der Waals surface area contributed by atoms with E-state index in [4.69, 9.17) is 5.73 Å². The van der Waals surface area contributed by atoms with Crippen LogP contribution >= 0.6 is 27.3 Å². The largest absolute Gasteiger partial charge is 0.398 e. The van der Waals surface area contributed by atoms with E-state index in [2.05, 4.69) is 38.3 Å². The number of nitrogen functional groups attached to an aromatic ring is 1. The van der Waals surface area contributed by atoms with Crippen molar-refractivity contribution in [1.82, 2.24) is 4.90 Å². The van der Waals surface area contributed by atoms with E-state index in [0.29, 0.717) is 0 Å². The van der Waals surface area contributed by atoms with E-state index in [-0.39, 0.29) is 0 Å². The second kappa shape index (κ2) is 4.44. The molecule has 1 aromatic carbocycles. The van der Waals surface area contributed by atoms with Crippen LogP contribution in [0.15, 0.2) is 34.1 Å². The van der Waals surface area contributed by atoms with E-state index in [1.807, 2.05) is 12.1 Å². The molecule has 4 heteroatoms. The number of anilines is 1. The first-order valence-corrected chi connectivity index (χ1v) is 7.22. The summed E-state index contributed by atoms with van der Waals surface area (Å²) in [5.41, 5.74) is 9.61. The molecule has 1 aliphatic rings. The second-order valence-electron chi connectivity index (χ2n) is 4.32. The van der Waals surface area contributed by atoms with Gasteiger partial charge in [0.1, 0.15) is 0 Å². The van der Waals surface area contributed by atoms with E-state index < -0.39 is 0 Å². The van der Waals surface area contributed by atoms with Crippen molar-refractivity contribution in [2.24, 2.45) is 0 Å². The number of thiophene rings is 1. The Morgan fingerprint density at radius 2 is 2.18 bits per heavy atom. The summed E-state index contributed by atoms with van der Waals surface area (Å²) in [4.78, 5) is 3.81. The lowest BCUT2D eigenvalue weighted by molar-refractivity contribution is 0.278. The van der Waals surface area contributed by atoms with Crippen LogP contribution in [-0.4, -0.2) is 4.90 Å². The Kier molecular flexibility index (Phi) is 2.94. The Balaban J connectivity index is 1.79. The molecular weight excluding hydrogens is 296 g/mol. The fourth-order valence-electron chi connectivity index (χ4n) is 2.27. The van der Waals surface area contributed by atoms with Crippen LogP contribution in [0.4, 0.5) is 5.69 Å². The van der Waals surface area contributed by atoms with E-state index in [1.54, 1.807) is 11.3 Å². The fraction of sp³-hybridized carbons (Fsp3) is 0.231. The first-order chi connectivity index (χ1) is 8.24. The van der Waals surface area contributed by atoms with Crippen molar-refractivity contribution in [3.8, 4) is 0 Å². The highest BCUT2D eigenvalue weighted by Crippen LogP contribution is 2.31. The highest BCUT2D eigenvalue weighted by molar-refractivity contribution is 9.10. The van der Waals surface area contributed by atoms with Crippen LogP contribution in [0.1, 0.15) is 16.0 Å². The summed E-state index contributed by atoms with van der Waals surface area (Å²) < 4.78 is 1.21. The van der Waals surface area contributed by atoms with Gasteiger partial charge in [-0.2, -0.15) is 0 Å². The average molecular weight is 309 g/mol. The number of hydrogen-bond donors (Lipinski definition) is 1. The summed E-state index contributed by atoms with van der Waals surface area (Å²) in [7, 11) is 0. The molecule has 0 saturated heterocycles. The minimum absolute atomic E-state index is 0.926. The zero-order chi connectivity index (χ0) is 11.8. The number of benzene rings is 1. The molecular formula is C13H13BrN2S. The van der Waals surface area contributed by atoms with Gasteiger partial charge in [0.05, 0.1) is 0 Å². The molecule has 0 bridgehead atoms. The standard InChI is InChI=1S/C13H13BrN2S/c14-11-4-5-17-13(11)8-16-6-9-2-1-3-12(15)10(9)7-16/h1-5H,6-8,15H2. The Bertz CT molecular complexity index is 548. The third-order valence-electron chi connectivity index (χ3n) is 3.14. The van der Waals surface area contributed by atoms with Gasteiger partial charge in [-0.15, -0.1) is 11.3 Å². The van der Waals surface area contributed by atoms with Crippen molar-refractivity contribution in [3.05, 3.63) is 50.1 Å². The monoisotopic (exact) mass is 308 g/mol. The van der Waals surface area contributed by atoms with Gasteiger partial charge in [0.25, 0.3) is 0 Å². The SMILES string of the molecule is Nc1cccc2c1CN(Cc1sccc1Br)C2. The van der Waals surface area contributed by atoms with Gasteiger partial charge >= 0.3 is 0 Å². The van der Waals surface area contributed by atoms with Gasteiger partial charge in [-0.25, -0.2) is 0 Å². The molecule has 2 aromatic rings. The van der Waals surface area contributed by atoms with Crippen molar-refractivity contribution < 1.29 is 0 Å². The van der Waals surface area contributed by atoms with Crippen LogP contribution in [0, 0.1) is 0 Å². The van der Waals surface area contributed by atoms with Crippen LogP contribution in [-0.2, 0) is 19.6 Å². The molecule has 0 saturated carbocycles. The summed E-state index contributed by atoms with van der Waals surface area (Å²) in [6.45, 7) is 2.96. The van der Waals surface area contributed by atoms with Gasteiger partial charge in [0, 0.05) is 34.7 Å². The molecule has 2 heterocycles. The van der Waals surface area contributed by atoms with Crippen LogP contribution in [0.3, 0.4) is 0 Å². The van der Waals surface area contributed by atoms with Gasteiger partial charge in [-0.05, 0) is 44.6 Å². The van der Waals surface area contributed by atoms with E-state index in [0.717, 1.165) is 25.3 Å². The summed E-state index contributed by atoms with van der Waals surface area (Å²) in [5.74, 6) is 0.